The largest absolute Gasteiger partial charge is 0.409 e. The van der Waals surface area contributed by atoms with E-state index < -0.39 is 5.82 Å². The molecule has 0 aliphatic heterocycles. The van der Waals surface area contributed by atoms with Crippen molar-refractivity contribution < 1.29 is 13.7 Å². The summed E-state index contributed by atoms with van der Waals surface area (Å²) in [4.78, 5) is 5.34. The van der Waals surface area contributed by atoms with E-state index in [1.165, 1.54) is 12.4 Å². The average Bonchev–Trinajstić information content (AvgIpc) is 3.38. The highest BCUT2D eigenvalue weighted by Gasteiger charge is 2.19. The molecule has 4 rings (SSSR count). The van der Waals surface area contributed by atoms with Crippen molar-refractivity contribution in [3.63, 3.8) is 0 Å². The number of hydrogen-bond acceptors (Lipinski definition) is 5. The SMILES string of the molecule is C[C@@H](c1ccc(-n2cncn2)cc1)[NH+](C)Cn1nc(-c2ccccc2F)oc1=S. The molecule has 2 aromatic heterocycles. The molecule has 0 fully saturated rings. The number of nitrogens with one attached hydrogen (secondary N) is 1. The van der Waals surface area contributed by atoms with Crippen LogP contribution in [0.1, 0.15) is 18.5 Å². The fourth-order valence-corrected chi connectivity index (χ4v) is 3.25. The zero-order valence-corrected chi connectivity index (χ0v) is 16.8. The molecule has 0 aliphatic rings. The van der Waals surface area contributed by atoms with E-state index in [0.29, 0.717) is 12.2 Å². The van der Waals surface area contributed by atoms with Gasteiger partial charge in [0.05, 0.1) is 18.3 Å². The van der Waals surface area contributed by atoms with E-state index >= 15 is 0 Å². The maximum Gasteiger partial charge on any atom is 0.292 e. The molecule has 0 saturated heterocycles. The van der Waals surface area contributed by atoms with Crippen molar-refractivity contribution in [3.8, 4) is 17.1 Å². The molecule has 148 valence electrons. The molecule has 2 atom stereocenters. The summed E-state index contributed by atoms with van der Waals surface area (Å²) < 4.78 is 22.8. The van der Waals surface area contributed by atoms with Crippen molar-refractivity contribution in [3.05, 3.63) is 77.4 Å². The molecule has 4 aromatic rings. The lowest BCUT2D eigenvalue weighted by Crippen LogP contribution is -3.08. The Kier molecular flexibility index (Phi) is 5.32. The molecule has 9 heteroatoms. The van der Waals surface area contributed by atoms with Gasteiger partial charge in [-0.25, -0.2) is 14.1 Å². The van der Waals surface area contributed by atoms with E-state index in [2.05, 4.69) is 41.3 Å². The van der Waals surface area contributed by atoms with E-state index in [0.717, 1.165) is 16.2 Å². The first-order chi connectivity index (χ1) is 14.0. The second kappa shape index (κ2) is 8.06. The van der Waals surface area contributed by atoms with Crippen molar-refractivity contribution in [2.45, 2.75) is 19.6 Å². The summed E-state index contributed by atoms with van der Waals surface area (Å²) in [7, 11) is 2.05. The Morgan fingerprint density at radius 3 is 2.62 bits per heavy atom. The Morgan fingerprint density at radius 1 is 1.17 bits per heavy atom. The van der Waals surface area contributed by atoms with Gasteiger partial charge in [-0.05, 0) is 43.4 Å². The smallest absolute Gasteiger partial charge is 0.292 e. The molecule has 0 bridgehead atoms. The van der Waals surface area contributed by atoms with Gasteiger partial charge in [0.1, 0.15) is 24.5 Å². The molecule has 1 unspecified atom stereocenters. The van der Waals surface area contributed by atoms with Crippen LogP contribution in [0.25, 0.3) is 17.1 Å². The van der Waals surface area contributed by atoms with Crippen LogP contribution in [0.3, 0.4) is 0 Å². The van der Waals surface area contributed by atoms with Crippen molar-refractivity contribution in [2.75, 3.05) is 7.05 Å². The van der Waals surface area contributed by atoms with Crippen LogP contribution in [-0.2, 0) is 6.67 Å². The summed E-state index contributed by atoms with van der Waals surface area (Å²) >= 11 is 5.28. The molecule has 0 amide bonds. The first-order valence-corrected chi connectivity index (χ1v) is 9.54. The molecule has 0 aliphatic carbocycles. The minimum Gasteiger partial charge on any atom is -0.409 e. The summed E-state index contributed by atoms with van der Waals surface area (Å²) in [5, 5.41) is 8.51. The Labute approximate surface area is 172 Å². The zero-order chi connectivity index (χ0) is 20.4. The van der Waals surface area contributed by atoms with E-state index in [1.807, 2.05) is 12.1 Å². The molecule has 2 heterocycles. The third kappa shape index (κ3) is 4.01. The van der Waals surface area contributed by atoms with Crippen LogP contribution in [0, 0.1) is 10.7 Å². The summed E-state index contributed by atoms with van der Waals surface area (Å²) in [6, 6.07) is 14.7. The summed E-state index contributed by atoms with van der Waals surface area (Å²) in [6.45, 7) is 2.62. The fourth-order valence-electron chi connectivity index (χ4n) is 3.06. The predicted octanol–water partition coefficient (Wildman–Crippen LogP) is 2.83. The summed E-state index contributed by atoms with van der Waals surface area (Å²) in [5.74, 6) is -0.205. The molecule has 2 aromatic carbocycles. The van der Waals surface area contributed by atoms with Crippen LogP contribution in [0.15, 0.2) is 65.6 Å². The molecule has 0 radical (unpaired) electrons. The Hall–Kier alpha value is -3.17. The van der Waals surface area contributed by atoms with Gasteiger partial charge in [0.25, 0.3) is 4.84 Å². The first kappa shape index (κ1) is 19.2. The number of nitrogens with zero attached hydrogens (tertiary/aromatic N) is 5. The van der Waals surface area contributed by atoms with Crippen LogP contribution >= 0.6 is 12.2 Å². The van der Waals surface area contributed by atoms with Crippen LogP contribution in [0.2, 0.25) is 0 Å². The maximum absolute atomic E-state index is 14.0. The topological polar surface area (TPSA) is 66.1 Å². The molecular formula is C20H20FN6OS+. The Bertz CT molecular complexity index is 1150. The zero-order valence-electron chi connectivity index (χ0n) is 16.0. The monoisotopic (exact) mass is 411 g/mol. The van der Waals surface area contributed by atoms with Gasteiger partial charge in [-0.3, -0.25) is 0 Å². The molecule has 29 heavy (non-hydrogen) atoms. The van der Waals surface area contributed by atoms with E-state index in [4.69, 9.17) is 16.6 Å². The number of benzene rings is 2. The number of aromatic nitrogens is 5. The third-order valence-corrected chi connectivity index (χ3v) is 5.22. The minimum atomic E-state index is -0.391. The van der Waals surface area contributed by atoms with Crippen molar-refractivity contribution in [1.29, 1.82) is 0 Å². The van der Waals surface area contributed by atoms with Gasteiger partial charge in [-0.1, -0.05) is 24.3 Å². The Morgan fingerprint density at radius 2 is 1.93 bits per heavy atom. The lowest BCUT2D eigenvalue weighted by Gasteiger charge is -2.21. The second-order valence-electron chi connectivity index (χ2n) is 6.81. The second-order valence-corrected chi connectivity index (χ2v) is 7.16. The number of halogens is 1. The van der Waals surface area contributed by atoms with E-state index in [1.54, 1.807) is 33.9 Å². The van der Waals surface area contributed by atoms with Gasteiger partial charge >= 0.3 is 0 Å². The van der Waals surface area contributed by atoms with E-state index in [9.17, 15) is 4.39 Å². The first-order valence-electron chi connectivity index (χ1n) is 9.13. The van der Waals surface area contributed by atoms with Gasteiger partial charge in [0, 0.05) is 5.56 Å². The van der Waals surface area contributed by atoms with Crippen LogP contribution in [0.4, 0.5) is 4.39 Å². The lowest BCUT2D eigenvalue weighted by molar-refractivity contribution is -0.933. The fraction of sp³-hybridized carbons (Fsp3) is 0.200. The van der Waals surface area contributed by atoms with Gasteiger partial charge in [-0.2, -0.15) is 9.78 Å². The Balaban J connectivity index is 1.50. The van der Waals surface area contributed by atoms with Crippen LogP contribution in [0.5, 0.6) is 0 Å². The van der Waals surface area contributed by atoms with Gasteiger partial charge in [0.2, 0.25) is 5.89 Å². The molecular weight excluding hydrogens is 391 g/mol. The number of quaternary nitrogens is 1. The molecule has 0 spiro atoms. The summed E-state index contributed by atoms with van der Waals surface area (Å²) in [5.41, 5.74) is 2.41. The standard InChI is InChI=1S/C20H19FN6OS/c1-14(15-7-9-16(10-8-15)26-12-22-11-23-26)25(2)13-27-20(29)28-19(24-27)17-5-3-4-6-18(17)21/h3-12,14H,13H2,1-2H3/p+1/t14-/m0/s1. The van der Waals surface area contributed by atoms with Gasteiger partial charge in [0.15, 0.2) is 6.67 Å². The molecule has 0 saturated carbocycles. The predicted molar refractivity (Wildman–Crippen MR) is 107 cm³/mol. The van der Waals surface area contributed by atoms with Gasteiger partial charge in [-0.15, -0.1) is 5.10 Å². The molecule has 7 nitrogen and oxygen atoms in total. The number of hydrogen-bond donors (Lipinski definition) is 1. The third-order valence-electron chi connectivity index (χ3n) is 4.93. The quantitative estimate of drug-likeness (QED) is 0.494. The highest BCUT2D eigenvalue weighted by atomic mass is 32.1. The van der Waals surface area contributed by atoms with Crippen LogP contribution in [-0.4, -0.2) is 31.6 Å². The van der Waals surface area contributed by atoms with Crippen molar-refractivity contribution in [1.82, 2.24) is 24.5 Å². The van der Waals surface area contributed by atoms with Crippen molar-refractivity contribution in [2.24, 2.45) is 0 Å². The highest BCUT2D eigenvalue weighted by Crippen LogP contribution is 2.21. The normalized spacial score (nSPS) is 13.3. The van der Waals surface area contributed by atoms with Gasteiger partial charge < -0.3 is 9.32 Å². The number of rotatable bonds is 6. The van der Waals surface area contributed by atoms with Crippen LogP contribution < -0.4 is 4.90 Å². The summed E-state index contributed by atoms with van der Waals surface area (Å²) in [6.07, 6.45) is 3.17. The average molecular weight is 411 g/mol. The van der Waals surface area contributed by atoms with Crippen molar-refractivity contribution >= 4 is 12.2 Å². The van der Waals surface area contributed by atoms with E-state index in [-0.39, 0.29) is 16.8 Å². The molecule has 1 N–H and O–H groups in total. The maximum atomic E-state index is 14.0. The lowest BCUT2D eigenvalue weighted by atomic mass is 10.1. The highest BCUT2D eigenvalue weighted by molar-refractivity contribution is 7.71. The minimum absolute atomic E-state index is 0.176.